The lowest BCUT2D eigenvalue weighted by Gasteiger charge is -2.37. The predicted octanol–water partition coefficient (Wildman–Crippen LogP) is 4.31. The van der Waals surface area contributed by atoms with Crippen LogP contribution >= 0.6 is 23.2 Å². The van der Waals surface area contributed by atoms with Gasteiger partial charge in [0.1, 0.15) is 18.6 Å². The fourth-order valence-electron chi connectivity index (χ4n) is 9.15. The molecule has 9 rings (SSSR count). The van der Waals surface area contributed by atoms with Gasteiger partial charge in [-0.3, -0.25) is 14.4 Å². The fraction of sp³-hybridized carbons (Fsp3) is 0.600. The molecule has 14 heteroatoms. The lowest BCUT2D eigenvalue weighted by Crippen LogP contribution is -2.46. The summed E-state index contributed by atoms with van der Waals surface area (Å²) in [6, 6.07) is 6.36. The quantitative estimate of drug-likeness (QED) is 0.416. The zero-order valence-corrected chi connectivity index (χ0v) is 29.0. The molecule has 0 bridgehead atoms. The number of amides is 1. The van der Waals surface area contributed by atoms with Crippen molar-refractivity contribution in [2.24, 2.45) is 0 Å². The zero-order chi connectivity index (χ0) is 33.3. The number of benzene rings is 1. The second-order valence-corrected chi connectivity index (χ2v) is 15.3. The van der Waals surface area contributed by atoms with Gasteiger partial charge in [-0.1, -0.05) is 35.3 Å². The average molecular weight is 712 g/mol. The molecule has 11 nitrogen and oxygen atoms in total. The fourth-order valence-corrected chi connectivity index (χ4v) is 9.69. The molecule has 3 fully saturated rings. The van der Waals surface area contributed by atoms with E-state index < -0.39 is 11.8 Å². The SMILES string of the molecule is O=C(c1nn2c(c1Cl)CN(c1nc(OC[C@@]34CCCN3C[C@H](F)C4)nc3c1CO[C@@]1(CCc4c(Cl)cccc41)C3)CCC2)N1CCNCC1. The number of aromatic nitrogens is 4. The molecule has 6 aliphatic rings. The molecule has 0 radical (unpaired) electrons. The number of piperazine rings is 1. The highest BCUT2D eigenvalue weighted by Gasteiger charge is 2.50. The topological polar surface area (TPSA) is 101 Å². The summed E-state index contributed by atoms with van der Waals surface area (Å²) in [6.07, 6.45) is 4.60. The van der Waals surface area contributed by atoms with Crippen LogP contribution in [-0.4, -0.2) is 99.6 Å². The van der Waals surface area contributed by atoms with E-state index in [4.69, 9.17) is 47.7 Å². The van der Waals surface area contributed by atoms with E-state index >= 15 is 0 Å². The molecular formula is C35H41Cl2FN8O3. The van der Waals surface area contributed by atoms with Crippen LogP contribution in [-0.2, 0) is 42.9 Å². The van der Waals surface area contributed by atoms with E-state index in [1.807, 2.05) is 21.7 Å². The maximum absolute atomic E-state index is 14.6. The van der Waals surface area contributed by atoms with E-state index in [9.17, 15) is 9.18 Å². The number of alkyl halides is 1. The minimum atomic E-state index is -0.842. The summed E-state index contributed by atoms with van der Waals surface area (Å²) in [4.78, 5) is 29.8. The third-order valence-corrected chi connectivity index (χ3v) is 12.4. The summed E-state index contributed by atoms with van der Waals surface area (Å²) in [6.45, 7) is 6.57. The Bertz CT molecular complexity index is 1800. The number of rotatable bonds is 5. The maximum atomic E-state index is 14.6. The van der Waals surface area contributed by atoms with E-state index in [2.05, 4.69) is 21.2 Å². The Kier molecular flexibility index (Phi) is 8.03. The molecule has 2 aromatic heterocycles. The number of nitrogens with zero attached hydrogens (tertiary/aromatic N) is 7. The Morgan fingerprint density at radius 1 is 1.08 bits per heavy atom. The van der Waals surface area contributed by atoms with Crippen molar-refractivity contribution >= 4 is 34.9 Å². The normalized spacial score (nSPS) is 27.9. The first-order chi connectivity index (χ1) is 23.8. The molecule has 3 atom stereocenters. The molecule has 0 unspecified atom stereocenters. The summed E-state index contributed by atoms with van der Waals surface area (Å²) in [5.74, 6) is 0.613. The van der Waals surface area contributed by atoms with E-state index in [1.165, 1.54) is 0 Å². The Hall–Kier alpha value is -3.03. The van der Waals surface area contributed by atoms with Crippen molar-refractivity contribution in [1.82, 2.24) is 34.9 Å². The number of ether oxygens (including phenoxy) is 2. The number of hydrogen-bond acceptors (Lipinski definition) is 9. The third-order valence-electron chi connectivity index (χ3n) is 11.7. The number of carbonyl (C=O) groups excluding carboxylic acids is 1. The Balaban J connectivity index is 1.06. The van der Waals surface area contributed by atoms with Gasteiger partial charge in [0.2, 0.25) is 0 Å². The lowest BCUT2D eigenvalue weighted by molar-refractivity contribution is -0.0730. The molecule has 49 heavy (non-hydrogen) atoms. The van der Waals surface area contributed by atoms with Crippen molar-refractivity contribution < 1.29 is 18.7 Å². The highest BCUT2D eigenvalue weighted by molar-refractivity contribution is 6.34. The summed E-state index contributed by atoms with van der Waals surface area (Å²) < 4.78 is 29.8. The summed E-state index contributed by atoms with van der Waals surface area (Å²) in [5.41, 5.74) is 4.35. The first-order valence-corrected chi connectivity index (χ1v) is 18.4. The number of nitrogens with one attached hydrogen (secondary N) is 1. The minimum absolute atomic E-state index is 0.132. The van der Waals surface area contributed by atoms with Crippen LogP contribution < -0.4 is 15.0 Å². The first-order valence-electron chi connectivity index (χ1n) is 17.7. The van der Waals surface area contributed by atoms with Gasteiger partial charge >= 0.3 is 6.01 Å². The molecule has 1 spiro atoms. The number of fused-ring (bicyclic) bond motifs is 5. The number of anilines is 1. The monoisotopic (exact) mass is 710 g/mol. The van der Waals surface area contributed by atoms with E-state index in [1.54, 1.807) is 0 Å². The van der Waals surface area contributed by atoms with E-state index in [0.29, 0.717) is 82.1 Å². The summed E-state index contributed by atoms with van der Waals surface area (Å²) in [5, 5.41) is 9.18. The van der Waals surface area contributed by atoms with Gasteiger partial charge in [-0.2, -0.15) is 15.1 Å². The second kappa shape index (κ2) is 12.3. The van der Waals surface area contributed by atoms with Crippen LogP contribution in [0, 0.1) is 0 Å². The van der Waals surface area contributed by atoms with Gasteiger partial charge in [0.25, 0.3) is 5.91 Å². The molecule has 7 heterocycles. The van der Waals surface area contributed by atoms with Crippen molar-refractivity contribution in [3.05, 3.63) is 62.0 Å². The van der Waals surface area contributed by atoms with Gasteiger partial charge in [-0.25, -0.2) is 4.39 Å². The number of hydrogen-bond donors (Lipinski definition) is 1. The van der Waals surface area contributed by atoms with Gasteiger partial charge in [-0.15, -0.1) is 0 Å². The first kappa shape index (κ1) is 31.9. The number of carbonyl (C=O) groups is 1. The van der Waals surface area contributed by atoms with Crippen LogP contribution in [0.1, 0.15) is 70.7 Å². The van der Waals surface area contributed by atoms with Crippen molar-refractivity contribution in [3.63, 3.8) is 0 Å². The van der Waals surface area contributed by atoms with Crippen LogP contribution in [0.4, 0.5) is 10.2 Å². The van der Waals surface area contributed by atoms with Gasteiger partial charge < -0.3 is 24.6 Å². The molecule has 0 saturated carbocycles. The summed E-state index contributed by atoms with van der Waals surface area (Å²) in [7, 11) is 0. The van der Waals surface area contributed by atoms with Gasteiger partial charge in [0, 0.05) is 69.2 Å². The standard InChI is InChI=1S/C35H41Cl2FN8O3/c36-26-5-1-4-25-23(26)6-8-35(25)17-27-24(20-49-35)31(41-33(40-27)48-21-34-7-2-12-45(34)18-22(38)16-34)44-11-3-13-46-28(19-44)29(37)30(42-46)32(47)43-14-9-39-10-15-43/h1,4-5,22,39H,2-3,6-21H2/t22-,34+,35+/m1/s1. The van der Waals surface area contributed by atoms with Crippen molar-refractivity contribution in [3.8, 4) is 6.01 Å². The van der Waals surface area contributed by atoms with Gasteiger partial charge in [-0.05, 0) is 55.8 Å². The highest BCUT2D eigenvalue weighted by Crippen LogP contribution is 2.49. The van der Waals surface area contributed by atoms with Crippen molar-refractivity contribution in [1.29, 1.82) is 0 Å². The third kappa shape index (κ3) is 5.40. The number of aryl methyl sites for hydroxylation is 1. The van der Waals surface area contributed by atoms with Crippen LogP contribution in [0.15, 0.2) is 18.2 Å². The summed E-state index contributed by atoms with van der Waals surface area (Å²) >= 11 is 13.6. The van der Waals surface area contributed by atoms with Crippen molar-refractivity contribution in [2.75, 3.05) is 57.3 Å². The van der Waals surface area contributed by atoms with Crippen LogP contribution in [0.2, 0.25) is 10.0 Å². The molecule has 1 amide bonds. The second-order valence-electron chi connectivity index (χ2n) is 14.5. The van der Waals surface area contributed by atoms with Crippen LogP contribution in [0.3, 0.4) is 0 Å². The minimum Gasteiger partial charge on any atom is -0.461 e. The molecule has 1 N–H and O–H groups in total. The highest BCUT2D eigenvalue weighted by atomic mass is 35.5. The Labute approximate surface area is 295 Å². The molecule has 260 valence electrons. The smallest absolute Gasteiger partial charge is 0.318 e. The lowest BCUT2D eigenvalue weighted by atomic mass is 9.87. The van der Waals surface area contributed by atoms with Gasteiger partial charge in [0.05, 0.1) is 40.7 Å². The molecule has 3 saturated heterocycles. The van der Waals surface area contributed by atoms with E-state index in [-0.39, 0.29) is 11.4 Å². The molecule has 1 aliphatic carbocycles. The molecule has 5 aliphatic heterocycles. The van der Waals surface area contributed by atoms with E-state index in [0.717, 1.165) is 90.7 Å². The Morgan fingerprint density at radius 2 is 1.96 bits per heavy atom. The maximum Gasteiger partial charge on any atom is 0.318 e. The molecule has 3 aromatic rings. The predicted molar refractivity (Wildman–Crippen MR) is 182 cm³/mol. The number of halogens is 3. The Morgan fingerprint density at radius 3 is 2.84 bits per heavy atom. The molecular weight excluding hydrogens is 670 g/mol. The van der Waals surface area contributed by atoms with Crippen LogP contribution in [0.25, 0.3) is 0 Å². The van der Waals surface area contributed by atoms with Crippen LogP contribution in [0.5, 0.6) is 6.01 Å². The average Bonchev–Trinajstić information content (AvgIpc) is 3.79. The van der Waals surface area contributed by atoms with Crippen molar-refractivity contribution in [2.45, 2.75) is 82.0 Å². The molecule has 1 aromatic carbocycles. The zero-order valence-electron chi connectivity index (χ0n) is 27.5. The van der Waals surface area contributed by atoms with Gasteiger partial charge in [0.15, 0.2) is 5.69 Å². The largest absolute Gasteiger partial charge is 0.461 e.